The number of hydrogen-bond acceptors (Lipinski definition) is 5. The second kappa shape index (κ2) is 8.31. The first-order valence-corrected chi connectivity index (χ1v) is 8.69. The van der Waals surface area contributed by atoms with E-state index >= 15 is 0 Å². The predicted octanol–water partition coefficient (Wildman–Crippen LogP) is 3.62. The number of nitrogens with zero attached hydrogens (tertiary/aromatic N) is 2. The van der Waals surface area contributed by atoms with Crippen molar-refractivity contribution in [2.75, 3.05) is 0 Å². The molecular weight excluding hydrogens is 378 g/mol. The molecule has 0 bridgehead atoms. The average Bonchev–Trinajstić information content (AvgIpc) is 3.22. The Balaban J connectivity index is 0.00000261. The van der Waals surface area contributed by atoms with Crippen molar-refractivity contribution >= 4 is 18.3 Å². The van der Waals surface area contributed by atoms with E-state index in [0.29, 0.717) is 5.82 Å². The number of benzene rings is 1. The largest absolute Gasteiger partial charge is 0.340 e. The van der Waals surface area contributed by atoms with Crippen molar-refractivity contribution in [3.05, 3.63) is 47.1 Å². The first kappa shape index (κ1) is 21.2. The summed E-state index contributed by atoms with van der Waals surface area (Å²) in [6.07, 6.45) is 3.53. The molecule has 27 heavy (non-hydrogen) atoms. The predicted molar refractivity (Wildman–Crippen MR) is 97.3 cm³/mol. The van der Waals surface area contributed by atoms with Gasteiger partial charge in [-0.25, -0.2) is 8.78 Å². The van der Waals surface area contributed by atoms with Crippen LogP contribution in [0.2, 0.25) is 0 Å². The van der Waals surface area contributed by atoms with Crippen LogP contribution in [0.4, 0.5) is 8.78 Å². The van der Waals surface area contributed by atoms with Crippen molar-refractivity contribution in [3.63, 3.8) is 0 Å². The number of aromatic nitrogens is 2. The third kappa shape index (κ3) is 4.27. The molecule has 1 aromatic heterocycles. The number of carbonyl (C=O) groups excluding carboxylic acids is 1. The lowest BCUT2D eigenvalue weighted by Gasteiger charge is -2.20. The van der Waals surface area contributed by atoms with Gasteiger partial charge in [0.25, 0.3) is 5.91 Å². The molecule has 3 N–H and O–H groups in total. The molecule has 0 unspecified atom stereocenters. The van der Waals surface area contributed by atoms with Crippen LogP contribution in [0.25, 0.3) is 0 Å². The van der Waals surface area contributed by atoms with Crippen LogP contribution in [-0.4, -0.2) is 16.0 Å². The van der Waals surface area contributed by atoms with Gasteiger partial charge in [0.15, 0.2) is 5.82 Å². The molecule has 148 valence electrons. The molecule has 3 rings (SSSR count). The maximum atomic E-state index is 13.8. The molecule has 1 aliphatic rings. The standard InChI is InChI=1S/C18H22F2N4O2.ClH/c1-10(2)14(22-15(25)13-11(19)6-5-7-12(13)20)16-23-17(24-26-16)18(21)8-3-4-9-18;/h5-7,10,14H,3-4,8-9,21H2,1-2H3,(H,22,25);1H/t14-;/m0./s1. The number of nitrogens with one attached hydrogen (secondary N) is 1. The van der Waals surface area contributed by atoms with Gasteiger partial charge in [-0.15, -0.1) is 12.4 Å². The fraction of sp³-hybridized carbons (Fsp3) is 0.500. The lowest BCUT2D eigenvalue weighted by Crippen LogP contribution is -2.35. The van der Waals surface area contributed by atoms with Crippen LogP contribution in [0.3, 0.4) is 0 Å². The third-order valence-corrected chi connectivity index (χ3v) is 4.79. The Labute approximate surface area is 162 Å². The zero-order chi connectivity index (χ0) is 18.9. The Kier molecular flexibility index (Phi) is 6.54. The lowest BCUT2D eigenvalue weighted by atomic mass is 9.98. The van der Waals surface area contributed by atoms with Gasteiger partial charge in [-0.3, -0.25) is 4.79 Å². The van der Waals surface area contributed by atoms with Gasteiger partial charge < -0.3 is 15.6 Å². The molecule has 9 heteroatoms. The SMILES string of the molecule is CC(C)[C@H](NC(=O)c1c(F)cccc1F)c1nc(C2(N)CCCC2)no1.Cl. The van der Waals surface area contributed by atoms with Crippen LogP contribution in [0.15, 0.2) is 22.7 Å². The summed E-state index contributed by atoms with van der Waals surface area (Å²) in [6, 6.07) is 2.58. The van der Waals surface area contributed by atoms with Crippen LogP contribution in [0.1, 0.15) is 67.6 Å². The van der Waals surface area contributed by atoms with Gasteiger partial charge in [-0.1, -0.05) is 37.9 Å². The van der Waals surface area contributed by atoms with Crippen molar-refractivity contribution < 1.29 is 18.1 Å². The van der Waals surface area contributed by atoms with E-state index in [1.54, 1.807) is 0 Å². The van der Waals surface area contributed by atoms with E-state index in [1.807, 2.05) is 13.8 Å². The number of hydrogen-bond donors (Lipinski definition) is 2. The van der Waals surface area contributed by atoms with E-state index < -0.39 is 34.7 Å². The molecule has 1 aliphatic carbocycles. The molecule has 0 spiro atoms. The molecule has 1 atom stereocenters. The van der Waals surface area contributed by atoms with Crippen LogP contribution >= 0.6 is 12.4 Å². The summed E-state index contributed by atoms with van der Waals surface area (Å²) in [7, 11) is 0. The van der Waals surface area contributed by atoms with Crippen LogP contribution in [0, 0.1) is 17.6 Å². The van der Waals surface area contributed by atoms with Gasteiger partial charge in [0, 0.05) is 0 Å². The Bertz CT molecular complexity index is 786. The first-order valence-electron chi connectivity index (χ1n) is 8.69. The summed E-state index contributed by atoms with van der Waals surface area (Å²) in [5, 5.41) is 6.57. The van der Waals surface area contributed by atoms with Crippen molar-refractivity contribution in [1.82, 2.24) is 15.5 Å². The molecule has 1 heterocycles. The highest BCUT2D eigenvalue weighted by atomic mass is 35.5. The summed E-state index contributed by atoms with van der Waals surface area (Å²) in [5.74, 6) is -2.29. The normalized spacial score (nSPS) is 16.8. The molecule has 0 radical (unpaired) electrons. The third-order valence-electron chi connectivity index (χ3n) is 4.79. The Hall–Kier alpha value is -2.06. The fourth-order valence-electron chi connectivity index (χ4n) is 3.23. The summed E-state index contributed by atoms with van der Waals surface area (Å²) in [5.41, 5.74) is 5.08. The molecule has 1 saturated carbocycles. The van der Waals surface area contributed by atoms with Crippen molar-refractivity contribution in [2.24, 2.45) is 11.7 Å². The van der Waals surface area contributed by atoms with Gasteiger partial charge in [-0.2, -0.15) is 4.98 Å². The van der Waals surface area contributed by atoms with E-state index in [1.165, 1.54) is 6.07 Å². The minimum atomic E-state index is -0.928. The fourth-order valence-corrected chi connectivity index (χ4v) is 3.23. The minimum absolute atomic E-state index is 0. The van der Waals surface area contributed by atoms with Gasteiger partial charge in [0.2, 0.25) is 5.89 Å². The van der Waals surface area contributed by atoms with Crippen LogP contribution in [-0.2, 0) is 5.54 Å². The molecule has 1 fully saturated rings. The Morgan fingerprint density at radius 2 is 1.85 bits per heavy atom. The summed E-state index contributed by atoms with van der Waals surface area (Å²) in [6.45, 7) is 3.67. The monoisotopic (exact) mass is 400 g/mol. The summed E-state index contributed by atoms with van der Waals surface area (Å²) in [4.78, 5) is 16.8. The molecule has 0 aliphatic heterocycles. The van der Waals surface area contributed by atoms with Crippen molar-refractivity contribution in [3.8, 4) is 0 Å². The van der Waals surface area contributed by atoms with E-state index in [4.69, 9.17) is 10.3 Å². The van der Waals surface area contributed by atoms with Crippen LogP contribution in [0.5, 0.6) is 0 Å². The maximum Gasteiger partial charge on any atom is 0.257 e. The zero-order valence-corrected chi connectivity index (χ0v) is 16.0. The van der Waals surface area contributed by atoms with E-state index in [2.05, 4.69) is 15.5 Å². The second-order valence-electron chi connectivity index (χ2n) is 7.11. The summed E-state index contributed by atoms with van der Waals surface area (Å²) < 4.78 is 33.0. The highest BCUT2D eigenvalue weighted by Crippen LogP contribution is 2.35. The van der Waals surface area contributed by atoms with Crippen molar-refractivity contribution in [2.45, 2.75) is 51.1 Å². The summed E-state index contributed by atoms with van der Waals surface area (Å²) >= 11 is 0. The Morgan fingerprint density at radius 1 is 1.26 bits per heavy atom. The average molecular weight is 401 g/mol. The first-order chi connectivity index (χ1) is 12.3. The highest BCUT2D eigenvalue weighted by Gasteiger charge is 2.37. The van der Waals surface area contributed by atoms with Gasteiger partial charge in [0.1, 0.15) is 23.2 Å². The Morgan fingerprint density at radius 3 is 2.41 bits per heavy atom. The number of nitrogens with two attached hydrogens (primary N) is 1. The molecule has 1 amide bonds. The second-order valence-corrected chi connectivity index (χ2v) is 7.11. The van der Waals surface area contributed by atoms with Gasteiger partial charge >= 0.3 is 0 Å². The van der Waals surface area contributed by atoms with E-state index in [9.17, 15) is 13.6 Å². The topological polar surface area (TPSA) is 94.0 Å². The lowest BCUT2D eigenvalue weighted by molar-refractivity contribution is 0.0905. The zero-order valence-electron chi connectivity index (χ0n) is 15.2. The quantitative estimate of drug-likeness (QED) is 0.799. The molecule has 0 saturated heterocycles. The minimum Gasteiger partial charge on any atom is -0.340 e. The molecular formula is C18H23ClF2N4O2. The maximum absolute atomic E-state index is 13.8. The highest BCUT2D eigenvalue weighted by molar-refractivity contribution is 5.94. The van der Waals surface area contributed by atoms with Crippen molar-refractivity contribution in [1.29, 1.82) is 0 Å². The van der Waals surface area contributed by atoms with Crippen LogP contribution < -0.4 is 11.1 Å². The van der Waals surface area contributed by atoms with E-state index in [-0.39, 0.29) is 24.2 Å². The number of rotatable bonds is 5. The number of halogens is 3. The van der Waals surface area contributed by atoms with Gasteiger partial charge in [-0.05, 0) is 30.9 Å². The number of carbonyl (C=O) groups is 1. The number of amides is 1. The van der Waals surface area contributed by atoms with E-state index in [0.717, 1.165) is 37.8 Å². The molecule has 2 aromatic rings. The smallest absolute Gasteiger partial charge is 0.257 e. The molecule has 1 aromatic carbocycles. The van der Waals surface area contributed by atoms with Gasteiger partial charge in [0.05, 0.1) is 5.54 Å². The molecule has 6 nitrogen and oxygen atoms in total.